The zero-order chi connectivity index (χ0) is 27.2. The van der Waals surface area contributed by atoms with Gasteiger partial charge in [-0.2, -0.15) is 0 Å². The van der Waals surface area contributed by atoms with E-state index >= 15 is 0 Å². The number of carboxylic acids is 1. The second-order valence-corrected chi connectivity index (χ2v) is 8.32. The molecule has 1 aromatic carbocycles. The predicted molar refractivity (Wildman–Crippen MR) is 129 cm³/mol. The van der Waals surface area contributed by atoms with Gasteiger partial charge in [-0.3, -0.25) is 9.55 Å². The number of aromatic nitrogens is 4. The molecule has 0 aliphatic heterocycles. The number of carbonyl (C=O) groups is 1. The van der Waals surface area contributed by atoms with Crippen molar-refractivity contribution in [2.45, 2.75) is 20.2 Å². The van der Waals surface area contributed by atoms with Crippen molar-refractivity contribution < 1.29 is 37.1 Å². The van der Waals surface area contributed by atoms with Crippen molar-refractivity contribution in [3.8, 4) is 39.4 Å². The summed E-state index contributed by atoms with van der Waals surface area (Å²) in [6.07, 6.45) is 1.20. The van der Waals surface area contributed by atoms with E-state index in [4.69, 9.17) is 9.26 Å². The molecule has 12 heteroatoms. The van der Waals surface area contributed by atoms with Gasteiger partial charge in [0.25, 0.3) is 0 Å². The second-order valence-electron chi connectivity index (χ2n) is 8.32. The van der Waals surface area contributed by atoms with E-state index in [0.29, 0.717) is 50.6 Å². The number of methoxy groups -OCH3 is 1. The summed E-state index contributed by atoms with van der Waals surface area (Å²) in [5.41, 5.74) is 2.79. The Kier molecular flexibility index (Phi) is 6.02. The number of aromatic carboxylic acids is 1. The first-order valence-corrected chi connectivity index (χ1v) is 11.1. The molecule has 4 heterocycles. The Labute approximate surface area is 213 Å². The van der Waals surface area contributed by atoms with Crippen LogP contribution >= 0.6 is 0 Å². The molecule has 0 saturated heterocycles. The van der Waals surface area contributed by atoms with Crippen LogP contribution in [-0.4, -0.2) is 44.2 Å². The fourth-order valence-corrected chi connectivity index (χ4v) is 4.35. The third-order valence-electron chi connectivity index (χ3n) is 5.95. The minimum absolute atomic E-state index is 0.0108. The molecule has 0 saturated carbocycles. The van der Waals surface area contributed by atoms with E-state index in [0.717, 1.165) is 6.07 Å². The van der Waals surface area contributed by atoms with E-state index < -0.39 is 18.1 Å². The summed E-state index contributed by atoms with van der Waals surface area (Å²) in [7, 11) is 1.48. The van der Waals surface area contributed by atoms with Crippen molar-refractivity contribution in [3.05, 3.63) is 72.1 Å². The van der Waals surface area contributed by atoms with Gasteiger partial charge < -0.3 is 19.1 Å². The van der Waals surface area contributed by atoms with Crippen molar-refractivity contribution in [2.75, 3.05) is 7.11 Å². The lowest BCUT2D eigenvalue weighted by Crippen LogP contribution is -2.18. The molecule has 0 bridgehead atoms. The molecule has 194 valence electrons. The van der Waals surface area contributed by atoms with Crippen molar-refractivity contribution in [3.63, 3.8) is 0 Å². The van der Waals surface area contributed by atoms with Crippen LogP contribution in [0.15, 0.2) is 59.6 Å². The van der Waals surface area contributed by atoms with Crippen LogP contribution in [0, 0.1) is 13.8 Å². The third kappa shape index (κ3) is 4.40. The predicted octanol–water partition coefficient (Wildman–Crippen LogP) is 5.96. The number of hydrogen-bond acceptors (Lipinski definition) is 7. The molecule has 0 aliphatic rings. The van der Waals surface area contributed by atoms with Gasteiger partial charge in [-0.25, -0.2) is 9.78 Å². The molecule has 38 heavy (non-hydrogen) atoms. The fourth-order valence-electron chi connectivity index (χ4n) is 4.35. The van der Waals surface area contributed by atoms with E-state index in [-0.39, 0.29) is 11.1 Å². The molecule has 4 aromatic heterocycles. The minimum Gasteiger partial charge on any atom is -0.494 e. The molecule has 0 fully saturated rings. The Morgan fingerprint density at radius 1 is 1.08 bits per heavy atom. The molecular formula is C26H19F3N4O5. The Bertz CT molecular complexity index is 1670. The highest BCUT2D eigenvalue weighted by molar-refractivity contribution is 6.00. The number of halogens is 3. The maximum atomic E-state index is 13.4. The SMILES string of the molecule is COc1ccncc1-n1cc(-c2ccc(C(=O)O)cc2OC(F)(F)F)c2cc(-c3c(C)noc3C)cnc21. The number of ether oxygens (including phenoxy) is 2. The highest BCUT2D eigenvalue weighted by Gasteiger charge is 2.33. The quantitative estimate of drug-likeness (QED) is 0.289. The molecule has 0 unspecified atom stereocenters. The van der Waals surface area contributed by atoms with Crippen LogP contribution < -0.4 is 9.47 Å². The van der Waals surface area contributed by atoms with Crippen LogP contribution in [0.2, 0.25) is 0 Å². The van der Waals surface area contributed by atoms with Crippen LogP contribution in [0.3, 0.4) is 0 Å². The van der Waals surface area contributed by atoms with Crippen LogP contribution in [0.4, 0.5) is 13.2 Å². The van der Waals surface area contributed by atoms with Gasteiger partial charge in [-0.05, 0) is 38.1 Å². The second kappa shape index (κ2) is 9.21. The Morgan fingerprint density at radius 3 is 2.53 bits per heavy atom. The average molecular weight is 524 g/mol. The number of pyridine rings is 2. The van der Waals surface area contributed by atoms with Gasteiger partial charge in [0.05, 0.1) is 24.6 Å². The number of aryl methyl sites for hydroxylation is 2. The van der Waals surface area contributed by atoms with Crippen LogP contribution in [0.5, 0.6) is 11.5 Å². The van der Waals surface area contributed by atoms with Gasteiger partial charge in [-0.1, -0.05) is 5.16 Å². The lowest BCUT2D eigenvalue weighted by Gasteiger charge is -2.14. The lowest BCUT2D eigenvalue weighted by molar-refractivity contribution is -0.274. The summed E-state index contributed by atoms with van der Waals surface area (Å²) >= 11 is 0. The molecular weight excluding hydrogens is 505 g/mol. The van der Waals surface area contributed by atoms with E-state index in [1.165, 1.54) is 31.6 Å². The Balaban J connectivity index is 1.83. The largest absolute Gasteiger partial charge is 0.573 e. The van der Waals surface area contributed by atoms with Gasteiger partial charge in [0.1, 0.15) is 28.6 Å². The van der Waals surface area contributed by atoms with Crippen LogP contribution in [0.25, 0.3) is 39.0 Å². The minimum atomic E-state index is -5.06. The van der Waals surface area contributed by atoms with Gasteiger partial charge in [-0.15, -0.1) is 13.2 Å². The molecule has 0 aliphatic carbocycles. The lowest BCUT2D eigenvalue weighted by atomic mass is 10.00. The first-order chi connectivity index (χ1) is 18.1. The third-order valence-corrected chi connectivity index (χ3v) is 5.95. The smallest absolute Gasteiger partial charge is 0.494 e. The Morgan fingerprint density at radius 2 is 1.87 bits per heavy atom. The van der Waals surface area contributed by atoms with Gasteiger partial charge in [0, 0.05) is 52.3 Å². The average Bonchev–Trinajstić information content (AvgIpc) is 3.41. The van der Waals surface area contributed by atoms with Crippen molar-refractivity contribution in [1.82, 2.24) is 19.7 Å². The van der Waals surface area contributed by atoms with Gasteiger partial charge in [0.15, 0.2) is 0 Å². The van der Waals surface area contributed by atoms with Gasteiger partial charge in [0.2, 0.25) is 0 Å². The maximum Gasteiger partial charge on any atom is 0.573 e. The number of carboxylic acid groups (broad SMARTS) is 1. The zero-order valence-corrected chi connectivity index (χ0v) is 20.2. The van der Waals surface area contributed by atoms with E-state index in [2.05, 4.69) is 19.9 Å². The number of fused-ring (bicyclic) bond motifs is 1. The number of benzene rings is 1. The summed E-state index contributed by atoms with van der Waals surface area (Å²) in [6.45, 7) is 3.51. The van der Waals surface area contributed by atoms with Crippen molar-refractivity contribution in [2.24, 2.45) is 0 Å². The summed E-state index contributed by atoms with van der Waals surface area (Å²) in [5.74, 6) is -1.07. The summed E-state index contributed by atoms with van der Waals surface area (Å²) < 4.78 is 56.7. The molecule has 9 nitrogen and oxygen atoms in total. The molecule has 5 aromatic rings. The molecule has 0 spiro atoms. The van der Waals surface area contributed by atoms with Gasteiger partial charge >= 0.3 is 12.3 Å². The molecule has 1 N–H and O–H groups in total. The number of alkyl halides is 3. The van der Waals surface area contributed by atoms with E-state index in [9.17, 15) is 23.1 Å². The summed E-state index contributed by atoms with van der Waals surface area (Å²) in [6, 6.07) is 6.71. The van der Waals surface area contributed by atoms with Crippen molar-refractivity contribution in [1.29, 1.82) is 0 Å². The number of hydrogen-bond donors (Lipinski definition) is 1. The maximum absolute atomic E-state index is 13.4. The topological polar surface area (TPSA) is 113 Å². The fraction of sp³-hybridized carbons (Fsp3) is 0.154. The number of rotatable bonds is 6. The van der Waals surface area contributed by atoms with Crippen LogP contribution in [-0.2, 0) is 0 Å². The first-order valence-electron chi connectivity index (χ1n) is 11.1. The zero-order valence-electron chi connectivity index (χ0n) is 20.2. The molecule has 0 amide bonds. The first kappa shape index (κ1) is 24.8. The highest BCUT2D eigenvalue weighted by Crippen LogP contribution is 2.42. The summed E-state index contributed by atoms with van der Waals surface area (Å²) in [4.78, 5) is 20.3. The van der Waals surface area contributed by atoms with E-state index in [1.54, 1.807) is 42.9 Å². The van der Waals surface area contributed by atoms with E-state index in [1.807, 2.05) is 0 Å². The standard InChI is InChI=1S/C26H19F3N4O5/c1-13-23(14(2)38-32-13)16-8-18-19(17-5-4-15(25(34)35)9-22(17)37-26(27,28)29)12-33(24(18)31-10-16)20-11-30-7-6-21(20)36-3/h4-12H,1-3H3,(H,34,35). The molecule has 0 atom stereocenters. The van der Waals surface area contributed by atoms with Crippen LogP contribution in [0.1, 0.15) is 21.8 Å². The normalized spacial score (nSPS) is 11.6. The monoisotopic (exact) mass is 524 g/mol. The molecule has 0 radical (unpaired) electrons. The highest BCUT2D eigenvalue weighted by atomic mass is 19.4. The Hall–Kier alpha value is -4.87. The number of nitrogens with zero attached hydrogens (tertiary/aromatic N) is 4. The summed E-state index contributed by atoms with van der Waals surface area (Å²) in [5, 5.41) is 13.8. The molecule has 5 rings (SSSR count). The van der Waals surface area contributed by atoms with Crippen molar-refractivity contribution >= 4 is 17.0 Å².